The normalized spacial score (nSPS) is 20.5. The van der Waals surface area contributed by atoms with Gasteiger partial charge in [-0.15, -0.1) is 0 Å². The van der Waals surface area contributed by atoms with Crippen molar-refractivity contribution in [2.45, 2.75) is 13.3 Å². The molecule has 6 nitrogen and oxygen atoms in total. The molecule has 2 atom stereocenters. The quantitative estimate of drug-likeness (QED) is 0.747. The molecule has 1 aliphatic heterocycles. The number of hydrogen-bond donors (Lipinski definition) is 1. The van der Waals surface area contributed by atoms with Crippen molar-refractivity contribution in [2.75, 3.05) is 18.0 Å². The summed E-state index contributed by atoms with van der Waals surface area (Å²) in [5.74, 6) is -0.443. The van der Waals surface area contributed by atoms with E-state index in [4.69, 9.17) is 16.0 Å². The van der Waals surface area contributed by atoms with Crippen molar-refractivity contribution in [3.05, 3.63) is 41.9 Å². The zero-order chi connectivity index (χ0) is 18.3. The molecule has 0 amide bonds. The Morgan fingerprint density at radius 3 is 2.92 bits per heavy atom. The molecule has 1 fully saturated rings. The largest absolute Gasteiger partial charge is 0.481 e. The standard InChI is InChI=1S/C19H18ClN3O3/c1-11-10-23(6-4-13(11)19(24)25)17-14-3-2-12(18-21-5-7-26-18)8-16(14)22-9-15(17)20/h2-3,5,7-9,11,13H,4,6,10H2,1H3,(H,24,25). The van der Waals surface area contributed by atoms with E-state index in [1.165, 1.54) is 6.26 Å². The van der Waals surface area contributed by atoms with Crippen molar-refractivity contribution < 1.29 is 14.3 Å². The van der Waals surface area contributed by atoms with E-state index in [1.54, 1.807) is 12.4 Å². The minimum absolute atomic E-state index is 0.0483. The van der Waals surface area contributed by atoms with Crippen molar-refractivity contribution >= 4 is 34.2 Å². The Balaban J connectivity index is 1.73. The Morgan fingerprint density at radius 1 is 1.38 bits per heavy atom. The number of carboxylic acid groups (broad SMARTS) is 1. The van der Waals surface area contributed by atoms with E-state index in [9.17, 15) is 9.90 Å². The topological polar surface area (TPSA) is 79.5 Å². The number of carboxylic acids is 1. The number of rotatable bonds is 3. The molecule has 2 unspecified atom stereocenters. The minimum atomic E-state index is -0.724. The SMILES string of the molecule is CC1CN(c2c(Cl)cnc3cc(-c4ncco4)ccc23)CCC1C(=O)O. The number of halogens is 1. The maximum atomic E-state index is 11.4. The highest BCUT2D eigenvalue weighted by Gasteiger charge is 2.32. The van der Waals surface area contributed by atoms with Crippen LogP contribution in [-0.2, 0) is 4.79 Å². The fourth-order valence-electron chi connectivity index (χ4n) is 3.69. The Labute approximate surface area is 155 Å². The highest BCUT2D eigenvalue weighted by molar-refractivity contribution is 6.34. The zero-order valence-corrected chi connectivity index (χ0v) is 15.0. The van der Waals surface area contributed by atoms with Gasteiger partial charge in [0.1, 0.15) is 6.26 Å². The summed E-state index contributed by atoms with van der Waals surface area (Å²) in [6.45, 7) is 3.28. The van der Waals surface area contributed by atoms with E-state index in [1.807, 2.05) is 25.1 Å². The van der Waals surface area contributed by atoms with Crippen molar-refractivity contribution in [1.82, 2.24) is 9.97 Å². The van der Waals surface area contributed by atoms with Crippen LogP contribution < -0.4 is 4.90 Å². The second-order valence-corrected chi connectivity index (χ2v) is 7.09. The van der Waals surface area contributed by atoms with Gasteiger partial charge in [-0.3, -0.25) is 9.78 Å². The van der Waals surface area contributed by atoms with Crippen LogP contribution in [0, 0.1) is 11.8 Å². The molecule has 1 N–H and O–H groups in total. The molecular weight excluding hydrogens is 354 g/mol. The third kappa shape index (κ3) is 2.90. The first-order valence-electron chi connectivity index (χ1n) is 8.50. The Bertz CT molecular complexity index is 958. The molecule has 26 heavy (non-hydrogen) atoms. The number of pyridine rings is 1. The molecule has 7 heteroatoms. The third-order valence-corrected chi connectivity index (χ3v) is 5.29. The second kappa shape index (κ2) is 6.61. The monoisotopic (exact) mass is 371 g/mol. The van der Waals surface area contributed by atoms with Gasteiger partial charge < -0.3 is 14.4 Å². The average molecular weight is 372 g/mol. The lowest BCUT2D eigenvalue weighted by Gasteiger charge is -2.37. The summed E-state index contributed by atoms with van der Waals surface area (Å²) in [4.78, 5) is 22.2. The summed E-state index contributed by atoms with van der Waals surface area (Å²) in [5, 5.41) is 10.9. The molecule has 3 heterocycles. The van der Waals surface area contributed by atoms with E-state index >= 15 is 0 Å². The van der Waals surface area contributed by atoms with Crippen LogP contribution >= 0.6 is 11.6 Å². The van der Waals surface area contributed by atoms with Crippen molar-refractivity contribution in [3.8, 4) is 11.5 Å². The number of aliphatic carboxylic acids is 1. The first-order valence-corrected chi connectivity index (χ1v) is 8.88. The predicted molar refractivity (Wildman–Crippen MR) is 99.4 cm³/mol. The summed E-state index contributed by atoms with van der Waals surface area (Å²) in [6.07, 6.45) is 5.39. The highest BCUT2D eigenvalue weighted by atomic mass is 35.5. The van der Waals surface area contributed by atoms with E-state index in [2.05, 4.69) is 14.9 Å². The first-order chi connectivity index (χ1) is 12.5. The van der Waals surface area contributed by atoms with Crippen LogP contribution in [0.3, 0.4) is 0 Å². The van der Waals surface area contributed by atoms with Gasteiger partial charge >= 0.3 is 5.97 Å². The molecule has 1 aliphatic rings. The summed E-state index contributed by atoms with van der Waals surface area (Å²) in [6, 6.07) is 5.83. The summed E-state index contributed by atoms with van der Waals surface area (Å²) in [5.41, 5.74) is 2.56. The summed E-state index contributed by atoms with van der Waals surface area (Å²) < 4.78 is 5.36. The molecule has 0 aliphatic carbocycles. The number of fused-ring (bicyclic) bond motifs is 1. The number of anilines is 1. The van der Waals surface area contributed by atoms with Crippen LogP contribution in [-0.4, -0.2) is 34.1 Å². The van der Waals surface area contributed by atoms with Crippen LogP contribution in [0.15, 0.2) is 41.3 Å². The molecule has 0 radical (unpaired) electrons. The van der Waals surface area contributed by atoms with Gasteiger partial charge in [-0.05, 0) is 30.5 Å². The van der Waals surface area contributed by atoms with E-state index in [0.29, 0.717) is 30.4 Å². The Morgan fingerprint density at radius 2 is 2.23 bits per heavy atom. The van der Waals surface area contributed by atoms with Gasteiger partial charge in [-0.1, -0.05) is 18.5 Å². The van der Waals surface area contributed by atoms with Gasteiger partial charge in [0.2, 0.25) is 5.89 Å². The maximum Gasteiger partial charge on any atom is 0.306 e. The lowest BCUT2D eigenvalue weighted by atomic mass is 9.86. The molecule has 0 spiro atoms. The third-order valence-electron chi connectivity index (χ3n) is 5.01. The highest BCUT2D eigenvalue weighted by Crippen LogP contribution is 2.37. The van der Waals surface area contributed by atoms with Crippen molar-refractivity contribution in [3.63, 3.8) is 0 Å². The van der Waals surface area contributed by atoms with Gasteiger partial charge in [-0.25, -0.2) is 4.98 Å². The molecule has 0 bridgehead atoms. The van der Waals surface area contributed by atoms with Gasteiger partial charge in [0.15, 0.2) is 0 Å². The number of hydrogen-bond acceptors (Lipinski definition) is 5. The van der Waals surface area contributed by atoms with Gasteiger partial charge in [-0.2, -0.15) is 0 Å². The molecule has 1 saturated heterocycles. The number of benzene rings is 1. The predicted octanol–water partition coefficient (Wildman–Crippen LogP) is 4.09. The number of oxazole rings is 1. The fraction of sp³-hybridized carbons (Fsp3) is 0.316. The molecular formula is C19H18ClN3O3. The maximum absolute atomic E-state index is 11.4. The Kier molecular flexibility index (Phi) is 4.28. The molecule has 4 rings (SSSR count). The Hall–Kier alpha value is -2.60. The van der Waals surface area contributed by atoms with Crippen LogP contribution in [0.4, 0.5) is 5.69 Å². The molecule has 1 aromatic carbocycles. The van der Waals surface area contributed by atoms with Crippen LogP contribution in [0.5, 0.6) is 0 Å². The lowest BCUT2D eigenvalue weighted by molar-refractivity contribution is -0.144. The molecule has 0 saturated carbocycles. The number of nitrogens with zero attached hydrogens (tertiary/aromatic N) is 3. The smallest absolute Gasteiger partial charge is 0.306 e. The van der Waals surface area contributed by atoms with E-state index in [0.717, 1.165) is 22.2 Å². The van der Waals surface area contributed by atoms with E-state index in [-0.39, 0.29) is 11.8 Å². The van der Waals surface area contributed by atoms with Gasteiger partial charge in [0.05, 0.1) is 28.3 Å². The molecule has 2 aromatic heterocycles. The van der Waals surface area contributed by atoms with Crippen LogP contribution in [0.2, 0.25) is 5.02 Å². The average Bonchev–Trinajstić information content (AvgIpc) is 3.15. The van der Waals surface area contributed by atoms with Crippen LogP contribution in [0.25, 0.3) is 22.4 Å². The number of aromatic nitrogens is 2. The number of piperidine rings is 1. The summed E-state index contributed by atoms with van der Waals surface area (Å²) in [7, 11) is 0. The van der Waals surface area contributed by atoms with E-state index < -0.39 is 5.97 Å². The van der Waals surface area contributed by atoms with Gasteiger partial charge in [0, 0.05) is 30.2 Å². The zero-order valence-electron chi connectivity index (χ0n) is 14.2. The van der Waals surface area contributed by atoms with Crippen molar-refractivity contribution in [1.29, 1.82) is 0 Å². The van der Waals surface area contributed by atoms with Gasteiger partial charge in [0.25, 0.3) is 0 Å². The number of carbonyl (C=O) groups is 1. The van der Waals surface area contributed by atoms with Crippen molar-refractivity contribution in [2.24, 2.45) is 11.8 Å². The minimum Gasteiger partial charge on any atom is -0.481 e. The first kappa shape index (κ1) is 16.8. The van der Waals surface area contributed by atoms with Crippen LogP contribution in [0.1, 0.15) is 13.3 Å². The second-order valence-electron chi connectivity index (χ2n) is 6.68. The lowest BCUT2D eigenvalue weighted by Crippen LogP contribution is -2.42. The molecule has 134 valence electrons. The fourth-order valence-corrected chi connectivity index (χ4v) is 3.96. The molecule has 3 aromatic rings. The summed E-state index contributed by atoms with van der Waals surface area (Å²) >= 11 is 6.47.